The zero-order valence-corrected chi connectivity index (χ0v) is 20.1. The van der Waals surface area contributed by atoms with Crippen molar-refractivity contribution in [2.45, 2.75) is 13.5 Å². The molecule has 4 rings (SSSR count). The molecule has 0 unspecified atom stereocenters. The van der Waals surface area contributed by atoms with Crippen molar-refractivity contribution < 1.29 is 4.79 Å². The molecule has 0 saturated heterocycles. The molecule has 6 nitrogen and oxygen atoms in total. The molecule has 0 radical (unpaired) electrons. The van der Waals surface area contributed by atoms with E-state index in [4.69, 9.17) is 11.6 Å². The molecule has 0 spiro atoms. The zero-order chi connectivity index (χ0) is 24.1. The first-order chi connectivity index (χ1) is 16.4. The predicted octanol–water partition coefficient (Wildman–Crippen LogP) is 5.94. The Balaban J connectivity index is 1.61. The van der Waals surface area contributed by atoms with E-state index >= 15 is 0 Å². The third kappa shape index (κ3) is 5.53. The molecule has 0 saturated carbocycles. The molecule has 0 fully saturated rings. The molecule has 0 atom stereocenters. The van der Waals surface area contributed by atoms with Crippen LogP contribution in [-0.4, -0.2) is 34.8 Å². The molecule has 0 bridgehead atoms. The second kappa shape index (κ2) is 10.4. The monoisotopic (exact) mass is 471 g/mol. The molecule has 1 aromatic heterocycles. The van der Waals surface area contributed by atoms with E-state index < -0.39 is 0 Å². The first kappa shape index (κ1) is 23.3. The van der Waals surface area contributed by atoms with E-state index in [2.05, 4.69) is 27.5 Å². The summed E-state index contributed by atoms with van der Waals surface area (Å²) in [6.07, 6.45) is 3.13. The number of halogens is 1. The van der Waals surface area contributed by atoms with Gasteiger partial charge in [-0.3, -0.25) is 4.79 Å². The smallest absolute Gasteiger partial charge is 0.274 e. The standard InChI is InChI=1S/C27H26ClN5O/c1-19-8-12-22(13-9-19)26-30-27(29-18-20-10-15-23(16-11-20)32(2)3)33(31-26)25(34)17-14-21-6-4-5-7-24(21)28/h4-17H,18H2,1-3H3,(H,29,30,31). The van der Waals surface area contributed by atoms with Gasteiger partial charge in [-0.1, -0.05) is 71.8 Å². The molecule has 7 heteroatoms. The van der Waals surface area contributed by atoms with Crippen LogP contribution in [0, 0.1) is 6.92 Å². The Kier molecular flexibility index (Phi) is 7.09. The minimum absolute atomic E-state index is 0.323. The number of aromatic nitrogens is 3. The number of allylic oxidation sites excluding steroid dienone is 1. The second-order valence-corrected chi connectivity index (χ2v) is 8.55. The highest BCUT2D eigenvalue weighted by Gasteiger charge is 2.16. The van der Waals surface area contributed by atoms with Gasteiger partial charge < -0.3 is 10.2 Å². The maximum absolute atomic E-state index is 13.1. The van der Waals surface area contributed by atoms with Crippen LogP contribution >= 0.6 is 11.6 Å². The number of carbonyl (C=O) groups is 1. The second-order valence-electron chi connectivity index (χ2n) is 8.14. The van der Waals surface area contributed by atoms with E-state index in [0.29, 0.717) is 23.3 Å². The van der Waals surface area contributed by atoms with Gasteiger partial charge in [0.2, 0.25) is 5.95 Å². The zero-order valence-electron chi connectivity index (χ0n) is 19.4. The number of benzene rings is 3. The Morgan fingerprint density at radius 2 is 1.74 bits per heavy atom. The van der Waals surface area contributed by atoms with Crippen molar-refractivity contribution in [3.05, 3.63) is 101 Å². The summed E-state index contributed by atoms with van der Waals surface area (Å²) in [5.41, 5.74) is 4.92. The van der Waals surface area contributed by atoms with Crippen molar-refractivity contribution in [3.63, 3.8) is 0 Å². The highest BCUT2D eigenvalue weighted by Crippen LogP contribution is 2.21. The van der Waals surface area contributed by atoms with Crippen LogP contribution in [0.1, 0.15) is 21.5 Å². The molecule has 3 aromatic carbocycles. The summed E-state index contributed by atoms with van der Waals surface area (Å²) in [5.74, 6) is 0.530. The minimum Gasteiger partial charge on any atom is -0.378 e. The van der Waals surface area contributed by atoms with Crippen molar-refractivity contribution >= 4 is 35.2 Å². The predicted molar refractivity (Wildman–Crippen MR) is 139 cm³/mol. The Morgan fingerprint density at radius 1 is 1.03 bits per heavy atom. The van der Waals surface area contributed by atoms with Gasteiger partial charge in [-0.05, 0) is 42.3 Å². The normalized spacial score (nSPS) is 11.1. The number of nitrogens with zero attached hydrogens (tertiary/aromatic N) is 4. The number of hydrogen-bond acceptors (Lipinski definition) is 5. The van der Waals surface area contributed by atoms with E-state index in [1.165, 1.54) is 10.8 Å². The highest BCUT2D eigenvalue weighted by molar-refractivity contribution is 6.32. The van der Waals surface area contributed by atoms with Gasteiger partial charge in [0, 0.05) is 43.0 Å². The summed E-state index contributed by atoms with van der Waals surface area (Å²) in [5, 5.41) is 8.34. The largest absolute Gasteiger partial charge is 0.378 e. The SMILES string of the molecule is Cc1ccc(-c2nc(NCc3ccc(N(C)C)cc3)n(C(=O)C=Cc3ccccc3Cl)n2)cc1. The summed E-state index contributed by atoms with van der Waals surface area (Å²) < 4.78 is 1.29. The number of hydrogen-bond donors (Lipinski definition) is 1. The van der Waals surface area contributed by atoms with E-state index in [1.807, 2.05) is 80.5 Å². The molecular weight excluding hydrogens is 446 g/mol. The summed E-state index contributed by atoms with van der Waals surface area (Å²) >= 11 is 6.22. The Hall–Kier alpha value is -3.90. The van der Waals surface area contributed by atoms with Crippen LogP contribution in [0.4, 0.5) is 11.6 Å². The molecule has 0 aliphatic heterocycles. The maximum Gasteiger partial charge on any atom is 0.274 e. The molecule has 172 valence electrons. The molecule has 4 aromatic rings. The van der Waals surface area contributed by atoms with Gasteiger partial charge in [0.25, 0.3) is 5.91 Å². The lowest BCUT2D eigenvalue weighted by Gasteiger charge is -2.13. The fourth-order valence-electron chi connectivity index (χ4n) is 3.34. The lowest BCUT2D eigenvalue weighted by molar-refractivity contribution is 0.0957. The minimum atomic E-state index is -0.323. The molecule has 0 aliphatic carbocycles. The first-order valence-electron chi connectivity index (χ1n) is 10.9. The fourth-order valence-corrected chi connectivity index (χ4v) is 3.54. The van der Waals surface area contributed by atoms with Crippen LogP contribution in [0.25, 0.3) is 17.5 Å². The van der Waals surface area contributed by atoms with Gasteiger partial charge in [0.15, 0.2) is 5.82 Å². The summed E-state index contributed by atoms with van der Waals surface area (Å²) in [7, 11) is 4.01. The van der Waals surface area contributed by atoms with Crippen molar-refractivity contribution in [2.75, 3.05) is 24.3 Å². The number of rotatable bonds is 7. The quantitative estimate of drug-likeness (QED) is 0.338. The van der Waals surface area contributed by atoms with Crippen molar-refractivity contribution in [3.8, 4) is 11.4 Å². The number of carbonyl (C=O) groups excluding carboxylic acids is 1. The number of anilines is 2. The van der Waals surface area contributed by atoms with Crippen molar-refractivity contribution in [1.29, 1.82) is 0 Å². The number of nitrogens with one attached hydrogen (secondary N) is 1. The van der Waals surface area contributed by atoms with Gasteiger partial charge >= 0.3 is 0 Å². The van der Waals surface area contributed by atoms with Crippen LogP contribution in [-0.2, 0) is 6.54 Å². The maximum atomic E-state index is 13.1. The summed E-state index contributed by atoms with van der Waals surface area (Å²) in [6, 6.07) is 23.4. The van der Waals surface area contributed by atoms with Crippen LogP contribution in [0.3, 0.4) is 0 Å². The van der Waals surface area contributed by atoms with Gasteiger partial charge in [0.1, 0.15) is 0 Å². The topological polar surface area (TPSA) is 63.1 Å². The van der Waals surface area contributed by atoms with Crippen molar-refractivity contribution in [2.24, 2.45) is 0 Å². The lowest BCUT2D eigenvalue weighted by atomic mass is 10.1. The molecule has 1 N–H and O–H groups in total. The summed E-state index contributed by atoms with van der Waals surface area (Å²) in [4.78, 5) is 19.7. The Bertz CT molecular complexity index is 1310. The van der Waals surface area contributed by atoms with E-state index in [-0.39, 0.29) is 5.91 Å². The van der Waals surface area contributed by atoms with Crippen LogP contribution in [0.15, 0.2) is 78.9 Å². The first-order valence-corrected chi connectivity index (χ1v) is 11.3. The van der Waals surface area contributed by atoms with Crippen LogP contribution < -0.4 is 10.2 Å². The van der Waals surface area contributed by atoms with Gasteiger partial charge in [-0.2, -0.15) is 9.67 Å². The van der Waals surface area contributed by atoms with Gasteiger partial charge in [0.05, 0.1) is 0 Å². The lowest BCUT2D eigenvalue weighted by Crippen LogP contribution is -2.14. The van der Waals surface area contributed by atoms with Gasteiger partial charge in [-0.15, -0.1) is 5.10 Å². The molecule has 0 aliphatic rings. The number of aryl methyl sites for hydroxylation is 1. The van der Waals surface area contributed by atoms with E-state index in [1.54, 1.807) is 12.1 Å². The average Bonchev–Trinajstić information content (AvgIpc) is 3.27. The average molecular weight is 472 g/mol. The van der Waals surface area contributed by atoms with Crippen LogP contribution in [0.2, 0.25) is 5.02 Å². The fraction of sp³-hybridized carbons (Fsp3) is 0.148. The van der Waals surface area contributed by atoms with E-state index in [9.17, 15) is 4.79 Å². The van der Waals surface area contributed by atoms with E-state index in [0.717, 1.165) is 27.9 Å². The van der Waals surface area contributed by atoms with Crippen LogP contribution in [0.5, 0.6) is 0 Å². The summed E-state index contributed by atoms with van der Waals surface area (Å²) in [6.45, 7) is 2.52. The third-order valence-electron chi connectivity index (χ3n) is 5.34. The molecule has 0 amide bonds. The van der Waals surface area contributed by atoms with Crippen molar-refractivity contribution in [1.82, 2.24) is 14.8 Å². The molecule has 34 heavy (non-hydrogen) atoms. The third-order valence-corrected chi connectivity index (χ3v) is 5.68. The Morgan fingerprint density at radius 3 is 2.41 bits per heavy atom. The molecule has 1 heterocycles. The molecular formula is C27H26ClN5O. The Labute approximate surface area is 204 Å². The highest BCUT2D eigenvalue weighted by atomic mass is 35.5. The van der Waals surface area contributed by atoms with Gasteiger partial charge in [-0.25, -0.2) is 0 Å².